The number of benzene rings is 1. The number of rotatable bonds is 3. The normalized spacial score (nSPS) is 11.8. The van der Waals surface area contributed by atoms with Gasteiger partial charge in [-0.15, -0.1) is 0 Å². The highest BCUT2D eigenvalue weighted by molar-refractivity contribution is 7.89. The van der Waals surface area contributed by atoms with Crippen LogP contribution < -0.4 is 5.14 Å². The highest BCUT2D eigenvalue weighted by atomic mass is 32.2. The maximum Gasteiger partial charge on any atom is 0.328 e. The van der Waals surface area contributed by atoms with Crippen molar-refractivity contribution in [2.45, 2.75) is 4.90 Å². The van der Waals surface area contributed by atoms with Crippen LogP contribution in [0.25, 0.3) is 6.08 Å². The number of carbonyl (C=O) groups is 1. The first-order valence-electron chi connectivity index (χ1n) is 3.94. The van der Waals surface area contributed by atoms with Crippen molar-refractivity contribution in [1.29, 1.82) is 0 Å². The quantitative estimate of drug-likeness (QED) is 0.732. The second-order valence-corrected chi connectivity index (χ2v) is 4.28. The van der Waals surface area contributed by atoms with Crippen LogP contribution >= 0.6 is 0 Å². The fourth-order valence-corrected chi connectivity index (χ4v) is 1.77. The highest BCUT2D eigenvalue weighted by Gasteiger charge is 2.10. The van der Waals surface area contributed by atoms with Crippen LogP contribution in [0.3, 0.4) is 0 Å². The zero-order valence-electron chi connectivity index (χ0n) is 7.62. The van der Waals surface area contributed by atoms with Crippen LogP contribution in [-0.2, 0) is 14.8 Å². The van der Waals surface area contributed by atoms with Crippen LogP contribution in [-0.4, -0.2) is 19.5 Å². The number of hydrogen-bond donors (Lipinski definition) is 2. The molecule has 1 aromatic carbocycles. The minimum Gasteiger partial charge on any atom is -0.478 e. The second kappa shape index (κ2) is 4.24. The van der Waals surface area contributed by atoms with E-state index in [2.05, 4.69) is 0 Å². The first-order valence-corrected chi connectivity index (χ1v) is 5.49. The maximum atomic E-state index is 11.1. The van der Waals surface area contributed by atoms with Crippen LogP contribution in [0.15, 0.2) is 35.2 Å². The molecule has 0 aliphatic carbocycles. The minimum atomic E-state index is -3.83. The Morgan fingerprint density at radius 3 is 2.47 bits per heavy atom. The van der Waals surface area contributed by atoms with E-state index in [-0.39, 0.29) is 10.5 Å². The monoisotopic (exact) mass is 227 g/mol. The molecule has 0 saturated carbocycles. The Hall–Kier alpha value is -1.66. The van der Waals surface area contributed by atoms with Crippen molar-refractivity contribution in [2.75, 3.05) is 0 Å². The van der Waals surface area contributed by atoms with Crippen LogP contribution in [0.4, 0.5) is 0 Å². The standard InChI is InChI=1S/C9H9NO4S/c10-15(13,14)8-4-2-1-3-7(8)5-6-9(11)12/h1-6H,(H,11,12)(H2,10,13,14)/b6-5+. The highest BCUT2D eigenvalue weighted by Crippen LogP contribution is 2.14. The molecule has 0 aromatic heterocycles. The molecule has 0 unspecified atom stereocenters. The molecule has 0 fully saturated rings. The van der Waals surface area contributed by atoms with Gasteiger partial charge >= 0.3 is 5.97 Å². The predicted octanol–water partition coefficient (Wildman–Crippen LogP) is 0.432. The van der Waals surface area contributed by atoms with Crippen molar-refractivity contribution < 1.29 is 18.3 Å². The number of carboxylic acid groups (broad SMARTS) is 1. The number of sulfonamides is 1. The Kier molecular flexibility index (Phi) is 3.23. The summed E-state index contributed by atoms with van der Waals surface area (Å²) in [5.74, 6) is -1.15. The van der Waals surface area contributed by atoms with E-state index < -0.39 is 16.0 Å². The number of nitrogens with two attached hydrogens (primary N) is 1. The van der Waals surface area contributed by atoms with Gasteiger partial charge in [0.05, 0.1) is 4.90 Å². The number of carboxylic acids is 1. The molecule has 6 heteroatoms. The zero-order valence-corrected chi connectivity index (χ0v) is 8.44. The smallest absolute Gasteiger partial charge is 0.328 e. The molecule has 3 N–H and O–H groups in total. The predicted molar refractivity (Wildman–Crippen MR) is 54.5 cm³/mol. The van der Waals surface area contributed by atoms with E-state index in [0.717, 1.165) is 6.08 Å². The largest absolute Gasteiger partial charge is 0.478 e. The van der Waals surface area contributed by atoms with Crippen LogP contribution in [0.1, 0.15) is 5.56 Å². The summed E-state index contributed by atoms with van der Waals surface area (Å²) in [7, 11) is -3.83. The summed E-state index contributed by atoms with van der Waals surface area (Å²) in [5.41, 5.74) is 0.252. The van der Waals surface area contributed by atoms with E-state index in [1.165, 1.54) is 24.3 Å². The van der Waals surface area contributed by atoms with Gasteiger partial charge in [0.2, 0.25) is 10.0 Å². The van der Waals surface area contributed by atoms with Crippen molar-refractivity contribution in [3.05, 3.63) is 35.9 Å². The molecule has 0 heterocycles. The Morgan fingerprint density at radius 2 is 1.93 bits per heavy atom. The third-order valence-electron chi connectivity index (χ3n) is 1.63. The Bertz CT molecular complexity index is 505. The van der Waals surface area contributed by atoms with Crippen molar-refractivity contribution in [1.82, 2.24) is 0 Å². The van der Waals surface area contributed by atoms with Gasteiger partial charge in [-0.3, -0.25) is 0 Å². The average Bonchev–Trinajstić information content (AvgIpc) is 2.13. The molecule has 0 aliphatic heterocycles. The first-order chi connectivity index (χ1) is 6.91. The summed E-state index contributed by atoms with van der Waals surface area (Å²) < 4.78 is 22.2. The van der Waals surface area contributed by atoms with Gasteiger partial charge in [-0.2, -0.15) is 0 Å². The SMILES string of the molecule is NS(=O)(=O)c1ccccc1/C=C/C(=O)O. The molecular weight excluding hydrogens is 218 g/mol. The third kappa shape index (κ3) is 3.19. The summed E-state index contributed by atoms with van der Waals surface area (Å²) in [6.45, 7) is 0. The summed E-state index contributed by atoms with van der Waals surface area (Å²) >= 11 is 0. The average molecular weight is 227 g/mol. The van der Waals surface area contributed by atoms with Gasteiger partial charge in [0, 0.05) is 6.08 Å². The van der Waals surface area contributed by atoms with Crippen LogP contribution in [0.5, 0.6) is 0 Å². The van der Waals surface area contributed by atoms with Gasteiger partial charge in [0.1, 0.15) is 0 Å². The van der Waals surface area contributed by atoms with Crippen LogP contribution in [0.2, 0.25) is 0 Å². The first kappa shape index (κ1) is 11.4. The third-order valence-corrected chi connectivity index (χ3v) is 2.62. The zero-order chi connectivity index (χ0) is 11.5. The number of aliphatic carboxylic acids is 1. The Morgan fingerprint density at radius 1 is 1.33 bits per heavy atom. The molecule has 1 aromatic rings. The lowest BCUT2D eigenvalue weighted by Gasteiger charge is -2.01. The summed E-state index contributed by atoms with van der Waals surface area (Å²) in [6.07, 6.45) is 2.03. The van der Waals surface area contributed by atoms with E-state index in [1.807, 2.05) is 0 Å². The summed E-state index contributed by atoms with van der Waals surface area (Å²) in [4.78, 5) is 10.2. The van der Waals surface area contributed by atoms with E-state index in [4.69, 9.17) is 10.2 Å². The fourth-order valence-electron chi connectivity index (χ4n) is 1.04. The van der Waals surface area contributed by atoms with Gasteiger partial charge in [0.25, 0.3) is 0 Å². The molecule has 1 rings (SSSR count). The van der Waals surface area contributed by atoms with Gasteiger partial charge in [-0.05, 0) is 17.7 Å². The summed E-state index contributed by atoms with van der Waals surface area (Å²) in [6, 6.07) is 5.89. The van der Waals surface area contributed by atoms with E-state index in [1.54, 1.807) is 6.07 Å². The molecule has 5 nitrogen and oxygen atoms in total. The van der Waals surface area contributed by atoms with Gasteiger partial charge in [0.15, 0.2) is 0 Å². The molecule has 0 atom stereocenters. The lowest BCUT2D eigenvalue weighted by Crippen LogP contribution is -2.13. The number of hydrogen-bond acceptors (Lipinski definition) is 3. The summed E-state index contributed by atoms with van der Waals surface area (Å²) in [5, 5.41) is 13.4. The Balaban J connectivity index is 3.25. The Labute approximate surface area is 86.9 Å². The van der Waals surface area contributed by atoms with Crippen molar-refractivity contribution >= 4 is 22.1 Å². The van der Waals surface area contributed by atoms with E-state index in [9.17, 15) is 13.2 Å². The molecule has 0 saturated heterocycles. The molecule has 0 amide bonds. The van der Waals surface area contributed by atoms with Crippen LogP contribution in [0, 0.1) is 0 Å². The molecule has 80 valence electrons. The van der Waals surface area contributed by atoms with E-state index in [0.29, 0.717) is 0 Å². The fraction of sp³-hybridized carbons (Fsp3) is 0. The lowest BCUT2D eigenvalue weighted by molar-refractivity contribution is -0.131. The maximum absolute atomic E-state index is 11.1. The molecule has 0 aliphatic rings. The molecular formula is C9H9NO4S. The minimum absolute atomic E-state index is 0.0949. The van der Waals surface area contributed by atoms with Crippen molar-refractivity contribution in [3.63, 3.8) is 0 Å². The second-order valence-electron chi connectivity index (χ2n) is 2.75. The van der Waals surface area contributed by atoms with Crippen molar-refractivity contribution in [2.24, 2.45) is 5.14 Å². The molecule has 0 bridgehead atoms. The van der Waals surface area contributed by atoms with Crippen molar-refractivity contribution in [3.8, 4) is 0 Å². The topological polar surface area (TPSA) is 97.5 Å². The molecule has 15 heavy (non-hydrogen) atoms. The number of primary sulfonamides is 1. The molecule has 0 radical (unpaired) electrons. The van der Waals surface area contributed by atoms with Gasteiger partial charge in [-0.1, -0.05) is 18.2 Å². The van der Waals surface area contributed by atoms with E-state index >= 15 is 0 Å². The van der Waals surface area contributed by atoms with Gasteiger partial charge < -0.3 is 5.11 Å². The van der Waals surface area contributed by atoms with Gasteiger partial charge in [-0.25, -0.2) is 18.4 Å². The lowest BCUT2D eigenvalue weighted by atomic mass is 10.2. The molecule has 0 spiro atoms.